The van der Waals surface area contributed by atoms with Crippen LogP contribution in [0.4, 0.5) is 0 Å². The van der Waals surface area contributed by atoms with Crippen molar-refractivity contribution in [1.29, 1.82) is 0 Å². The smallest absolute Gasteiger partial charge is 0.127 e. The molecular formula is C18H23NO2. The number of hydrogen-bond acceptors (Lipinski definition) is 3. The van der Waals surface area contributed by atoms with E-state index in [1.54, 1.807) is 14.2 Å². The highest BCUT2D eigenvalue weighted by Crippen LogP contribution is 2.35. The van der Waals surface area contributed by atoms with Crippen LogP contribution in [0.5, 0.6) is 11.5 Å². The van der Waals surface area contributed by atoms with Gasteiger partial charge in [0, 0.05) is 6.04 Å². The van der Waals surface area contributed by atoms with E-state index in [1.165, 1.54) is 11.1 Å². The number of rotatable bonds is 6. The zero-order chi connectivity index (χ0) is 15.2. The lowest BCUT2D eigenvalue weighted by Gasteiger charge is -2.22. The average Bonchev–Trinajstić information content (AvgIpc) is 2.52. The molecule has 0 saturated carbocycles. The Labute approximate surface area is 126 Å². The van der Waals surface area contributed by atoms with E-state index in [4.69, 9.17) is 9.47 Å². The monoisotopic (exact) mass is 285 g/mol. The Morgan fingerprint density at radius 3 is 2.14 bits per heavy atom. The van der Waals surface area contributed by atoms with Crippen LogP contribution >= 0.6 is 0 Å². The molecule has 112 valence electrons. The van der Waals surface area contributed by atoms with Crippen LogP contribution in [0.15, 0.2) is 42.5 Å². The summed E-state index contributed by atoms with van der Waals surface area (Å²) < 4.78 is 11.0. The first-order chi connectivity index (χ1) is 10.2. The summed E-state index contributed by atoms with van der Waals surface area (Å²) in [6.07, 6.45) is 0.884. The molecule has 1 N–H and O–H groups in total. The highest BCUT2D eigenvalue weighted by Gasteiger charge is 2.19. The molecule has 21 heavy (non-hydrogen) atoms. The molecule has 2 rings (SSSR count). The first-order valence-corrected chi connectivity index (χ1v) is 7.13. The van der Waals surface area contributed by atoms with Crippen LogP contribution in [0.25, 0.3) is 0 Å². The fraction of sp³-hybridized carbons (Fsp3) is 0.333. The standard InChI is InChI=1S/C18H23NO2/c1-13-7-5-8-14(11-13)12-15(19-2)18-16(20-3)9-6-10-17(18)21-4/h5-11,15,19H,12H2,1-4H3. The molecule has 0 aliphatic carbocycles. The minimum Gasteiger partial charge on any atom is -0.496 e. The lowest BCUT2D eigenvalue weighted by molar-refractivity contribution is 0.373. The number of methoxy groups -OCH3 is 2. The summed E-state index contributed by atoms with van der Waals surface area (Å²) in [5.74, 6) is 1.70. The maximum absolute atomic E-state index is 5.51. The van der Waals surface area contributed by atoms with Gasteiger partial charge in [0.2, 0.25) is 0 Å². The molecule has 0 aromatic heterocycles. The fourth-order valence-corrected chi connectivity index (χ4v) is 2.65. The van der Waals surface area contributed by atoms with Gasteiger partial charge in [-0.3, -0.25) is 0 Å². The molecule has 0 heterocycles. The lowest BCUT2D eigenvalue weighted by Crippen LogP contribution is -2.20. The average molecular weight is 285 g/mol. The molecule has 3 nitrogen and oxygen atoms in total. The predicted molar refractivity (Wildman–Crippen MR) is 86.2 cm³/mol. The maximum Gasteiger partial charge on any atom is 0.127 e. The van der Waals surface area contributed by atoms with E-state index < -0.39 is 0 Å². The summed E-state index contributed by atoms with van der Waals surface area (Å²) in [7, 11) is 5.35. The van der Waals surface area contributed by atoms with Crippen LogP contribution in [0, 0.1) is 6.92 Å². The van der Waals surface area contributed by atoms with Gasteiger partial charge in [-0.1, -0.05) is 35.9 Å². The second-order valence-electron chi connectivity index (χ2n) is 5.11. The third-order valence-corrected chi connectivity index (χ3v) is 3.69. The van der Waals surface area contributed by atoms with Gasteiger partial charge in [0.25, 0.3) is 0 Å². The minimum atomic E-state index is 0.137. The van der Waals surface area contributed by atoms with Crippen molar-refractivity contribution in [2.45, 2.75) is 19.4 Å². The number of aryl methyl sites for hydroxylation is 1. The van der Waals surface area contributed by atoms with E-state index in [-0.39, 0.29) is 6.04 Å². The van der Waals surface area contributed by atoms with Crippen molar-refractivity contribution in [3.8, 4) is 11.5 Å². The van der Waals surface area contributed by atoms with Crippen molar-refractivity contribution >= 4 is 0 Å². The summed E-state index contributed by atoms with van der Waals surface area (Å²) in [6, 6.07) is 14.6. The van der Waals surface area contributed by atoms with Crippen molar-refractivity contribution < 1.29 is 9.47 Å². The number of nitrogens with one attached hydrogen (secondary N) is 1. The van der Waals surface area contributed by atoms with Crippen molar-refractivity contribution in [2.75, 3.05) is 21.3 Å². The second-order valence-corrected chi connectivity index (χ2v) is 5.11. The van der Waals surface area contributed by atoms with Crippen molar-refractivity contribution in [2.24, 2.45) is 0 Å². The molecule has 0 saturated heterocycles. The van der Waals surface area contributed by atoms with Gasteiger partial charge >= 0.3 is 0 Å². The van der Waals surface area contributed by atoms with E-state index >= 15 is 0 Å². The molecule has 0 aliphatic heterocycles. The van der Waals surface area contributed by atoms with Crippen LogP contribution in [-0.4, -0.2) is 21.3 Å². The Kier molecular flexibility index (Phi) is 5.23. The molecule has 1 unspecified atom stereocenters. The zero-order valence-corrected chi connectivity index (χ0v) is 13.1. The van der Waals surface area contributed by atoms with Crippen LogP contribution in [-0.2, 0) is 6.42 Å². The normalized spacial score (nSPS) is 12.0. The van der Waals surface area contributed by atoms with Crippen molar-refractivity contribution in [3.05, 3.63) is 59.2 Å². The molecule has 2 aromatic rings. The number of likely N-dealkylation sites (N-methyl/N-ethyl adjacent to an activating group) is 1. The highest BCUT2D eigenvalue weighted by molar-refractivity contribution is 5.47. The van der Waals surface area contributed by atoms with E-state index in [0.717, 1.165) is 23.5 Å². The molecule has 0 radical (unpaired) electrons. The maximum atomic E-state index is 5.51. The molecule has 2 aromatic carbocycles. The molecular weight excluding hydrogens is 262 g/mol. The zero-order valence-electron chi connectivity index (χ0n) is 13.1. The second kappa shape index (κ2) is 7.14. The lowest BCUT2D eigenvalue weighted by atomic mass is 9.96. The predicted octanol–water partition coefficient (Wildman–Crippen LogP) is 3.52. The molecule has 0 amide bonds. The van der Waals surface area contributed by atoms with E-state index in [0.29, 0.717) is 0 Å². The quantitative estimate of drug-likeness (QED) is 0.881. The summed E-state index contributed by atoms with van der Waals surface area (Å²) >= 11 is 0. The Balaban J connectivity index is 2.37. The summed E-state index contributed by atoms with van der Waals surface area (Å²) in [4.78, 5) is 0. The Bertz CT molecular complexity index is 573. The van der Waals surface area contributed by atoms with Gasteiger partial charge in [-0.05, 0) is 38.1 Å². The van der Waals surface area contributed by atoms with Gasteiger partial charge in [0.15, 0.2) is 0 Å². The van der Waals surface area contributed by atoms with Gasteiger partial charge in [0.05, 0.1) is 19.8 Å². The van der Waals surface area contributed by atoms with Crippen LogP contribution in [0.3, 0.4) is 0 Å². The van der Waals surface area contributed by atoms with Crippen LogP contribution in [0.2, 0.25) is 0 Å². The summed E-state index contributed by atoms with van der Waals surface area (Å²) in [5.41, 5.74) is 3.63. The SMILES string of the molecule is CNC(Cc1cccc(C)c1)c1c(OC)cccc1OC. The van der Waals surface area contributed by atoms with Crippen LogP contribution < -0.4 is 14.8 Å². The molecule has 1 atom stereocenters. The molecule has 0 fully saturated rings. The Hall–Kier alpha value is -2.00. The summed E-state index contributed by atoms with van der Waals surface area (Å²) in [5, 5.41) is 3.38. The molecule has 3 heteroatoms. The topological polar surface area (TPSA) is 30.5 Å². The van der Waals surface area contributed by atoms with Gasteiger partial charge in [-0.2, -0.15) is 0 Å². The Morgan fingerprint density at radius 1 is 1.00 bits per heavy atom. The van der Waals surface area contributed by atoms with E-state index in [2.05, 4.69) is 36.5 Å². The number of ether oxygens (including phenoxy) is 2. The number of benzene rings is 2. The molecule has 0 aliphatic rings. The first-order valence-electron chi connectivity index (χ1n) is 7.13. The molecule has 0 spiro atoms. The van der Waals surface area contributed by atoms with Crippen molar-refractivity contribution in [3.63, 3.8) is 0 Å². The Morgan fingerprint density at radius 2 is 1.62 bits per heavy atom. The van der Waals surface area contributed by atoms with Gasteiger partial charge < -0.3 is 14.8 Å². The minimum absolute atomic E-state index is 0.137. The van der Waals surface area contributed by atoms with E-state index in [1.807, 2.05) is 25.2 Å². The van der Waals surface area contributed by atoms with Gasteiger partial charge in [0.1, 0.15) is 11.5 Å². The van der Waals surface area contributed by atoms with Crippen molar-refractivity contribution in [1.82, 2.24) is 5.32 Å². The fourth-order valence-electron chi connectivity index (χ4n) is 2.65. The first kappa shape index (κ1) is 15.4. The van der Waals surface area contributed by atoms with Gasteiger partial charge in [-0.25, -0.2) is 0 Å². The number of hydrogen-bond donors (Lipinski definition) is 1. The largest absolute Gasteiger partial charge is 0.496 e. The van der Waals surface area contributed by atoms with E-state index in [9.17, 15) is 0 Å². The molecule has 0 bridgehead atoms. The third-order valence-electron chi connectivity index (χ3n) is 3.69. The highest BCUT2D eigenvalue weighted by atomic mass is 16.5. The summed E-state index contributed by atoms with van der Waals surface area (Å²) in [6.45, 7) is 2.11. The van der Waals surface area contributed by atoms with Gasteiger partial charge in [-0.15, -0.1) is 0 Å². The van der Waals surface area contributed by atoms with Crippen LogP contribution in [0.1, 0.15) is 22.7 Å². The third kappa shape index (κ3) is 3.56.